The van der Waals surface area contributed by atoms with Crippen LogP contribution in [0.1, 0.15) is 99.3 Å². The van der Waals surface area contributed by atoms with Crippen LogP contribution in [0.25, 0.3) is 0 Å². The Hall–Kier alpha value is -1.11. The molecule has 0 spiro atoms. The predicted octanol–water partition coefficient (Wildman–Crippen LogP) is 2.44. The number of hydrogen-bond donors (Lipinski definition) is 7. The number of hydrogen-bond acceptors (Lipinski definition) is 10. The second-order valence-electron chi connectivity index (χ2n) is 17.4. The van der Waals surface area contributed by atoms with Crippen LogP contribution in [0.3, 0.4) is 0 Å². The molecule has 46 heavy (non-hydrogen) atoms. The summed E-state index contributed by atoms with van der Waals surface area (Å²) in [5.41, 5.74) is -2.34. The van der Waals surface area contributed by atoms with Crippen LogP contribution in [0.15, 0.2) is 11.6 Å². The van der Waals surface area contributed by atoms with E-state index in [2.05, 4.69) is 26.8 Å². The minimum atomic E-state index is -1.70. The molecule has 1 saturated heterocycles. The highest BCUT2D eigenvalue weighted by Crippen LogP contribution is 2.76. The van der Waals surface area contributed by atoms with E-state index in [1.165, 1.54) is 0 Å². The number of aliphatic hydroxyl groups excluding tert-OH is 6. The number of fused-ring (bicyclic) bond motifs is 7. The zero-order valence-electron chi connectivity index (χ0n) is 28.5. The third kappa shape index (κ3) is 4.39. The quantitative estimate of drug-likeness (QED) is 0.177. The first-order chi connectivity index (χ1) is 21.4. The maximum Gasteiger partial charge on any atom is 0.315 e. The summed E-state index contributed by atoms with van der Waals surface area (Å²) in [6.07, 6.45) is 0.492. The number of rotatable bonds is 4. The smallest absolute Gasteiger partial charge is 0.315 e. The largest absolute Gasteiger partial charge is 0.432 e. The molecule has 0 amide bonds. The molecule has 0 aromatic rings. The average Bonchev–Trinajstić information content (AvgIpc) is 3.01. The summed E-state index contributed by atoms with van der Waals surface area (Å²) in [6, 6.07) is 0. The van der Waals surface area contributed by atoms with Crippen LogP contribution in [0.5, 0.6) is 0 Å². The number of aliphatic hydroxyl groups is 7. The predicted molar refractivity (Wildman–Crippen MR) is 168 cm³/mol. The highest BCUT2D eigenvalue weighted by Gasteiger charge is 2.72. The molecule has 16 atom stereocenters. The van der Waals surface area contributed by atoms with Crippen LogP contribution < -0.4 is 0 Å². The molecule has 5 fully saturated rings. The van der Waals surface area contributed by atoms with Crippen molar-refractivity contribution in [3.8, 4) is 0 Å². The van der Waals surface area contributed by atoms with E-state index in [0.29, 0.717) is 38.0 Å². The first-order valence-corrected chi connectivity index (χ1v) is 17.6. The third-order valence-corrected chi connectivity index (χ3v) is 15.7. The van der Waals surface area contributed by atoms with E-state index in [0.717, 1.165) is 31.3 Å². The number of ether oxygens (including phenoxy) is 2. The summed E-state index contributed by atoms with van der Waals surface area (Å²) in [4.78, 5) is 14.5. The fourth-order valence-corrected chi connectivity index (χ4v) is 12.3. The van der Waals surface area contributed by atoms with Gasteiger partial charge in [0, 0.05) is 11.3 Å². The molecule has 10 nitrogen and oxygen atoms in total. The van der Waals surface area contributed by atoms with Crippen LogP contribution >= 0.6 is 0 Å². The summed E-state index contributed by atoms with van der Waals surface area (Å²) in [7, 11) is 0. The molecule has 0 bridgehead atoms. The zero-order chi connectivity index (χ0) is 33.8. The highest BCUT2D eigenvalue weighted by molar-refractivity contribution is 5.79. The first-order valence-electron chi connectivity index (χ1n) is 17.6. The second-order valence-corrected chi connectivity index (χ2v) is 17.4. The lowest BCUT2D eigenvalue weighted by Gasteiger charge is -2.72. The van der Waals surface area contributed by atoms with Gasteiger partial charge in [-0.2, -0.15) is 0 Å². The van der Waals surface area contributed by atoms with E-state index < -0.39 is 71.7 Å². The lowest BCUT2D eigenvalue weighted by Crippen LogP contribution is -2.68. The van der Waals surface area contributed by atoms with Gasteiger partial charge in [0.05, 0.1) is 30.3 Å². The van der Waals surface area contributed by atoms with Gasteiger partial charge in [0.1, 0.15) is 24.4 Å². The number of carbonyl (C=O) groups excluding carboxylic acids is 1. The van der Waals surface area contributed by atoms with Crippen molar-refractivity contribution in [3.05, 3.63) is 11.6 Å². The third-order valence-electron chi connectivity index (χ3n) is 15.7. The Labute approximate surface area is 273 Å². The van der Waals surface area contributed by atoms with Crippen LogP contribution in [0.2, 0.25) is 0 Å². The van der Waals surface area contributed by atoms with Crippen LogP contribution in [-0.2, 0) is 14.3 Å². The maximum absolute atomic E-state index is 14.5. The molecular weight excluding hydrogens is 592 g/mol. The molecule has 0 radical (unpaired) electrons. The molecule has 262 valence electrons. The van der Waals surface area contributed by atoms with Gasteiger partial charge < -0.3 is 45.2 Å². The Balaban J connectivity index is 1.39. The van der Waals surface area contributed by atoms with Crippen molar-refractivity contribution in [1.82, 2.24) is 0 Å². The van der Waals surface area contributed by atoms with E-state index >= 15 is 0 Å². The van der Waals surface area contributed by atoms with Gasteiger partial charge in [0.15, 0.2) is 0 Å². The van der Waals surface area contributed by atoms with E-state index in [9.17, 15) is 40.5 Å². The van der Waals surface area contributed by atoms with Gasteiger partial charge in [-0.15, -0.1) is 0 Å². The lowest BCUT2D eigenvalue weighted by molar-refractivity contribution is -0.299. The maximum atomic E-state index is 14.5. The Kier molecular flexibility index (Phi) is 8.46. The lowest BCUT2D eigenvalue weighted by atomic mass is 9.33. The van der Waals surface area contributed by atoms with Gasteiger partial charge in [-0.25, -0.2) is 0 Å². The molecule has 0 unspecified atom stereocenters. The van der Waals surface area contributed by atoms with E-state index in [1.807, 2.05) is 20.8 Å². The van der Waals surface area contributed by atoms with Gasteiger partial charge in [-0.1, -0.05) is 46.3 Å². The summed E-state index contributed by atoms with van der Waals surface area (Å²) < 4.78 is 11.5. The summed E-state index contributed by atoms with van der Waals surface area (Å²) in [5.74, 6) is -0.749. The molecule has 5 aliphatic carbocycles. The van der Waals surface area contributed by atoms with Crippen molar-refractivity contribution in [2.24, 2.45) is 50.7 Å². The summed E-state index contributed by atoms with van der Waals surface area (Å²) >= 11 is 0. The molecule has 1 aliphatic heterocycles. The molecule has 1 heterocycles. The minimum Gasteiger partial charge on any atom is -0.432 e. The van der Waals surface area contributed by atoms with Crippen molar-refractivity contribution in [2.45, 2.75) is 142 Å². The standard InChI is InChI=1S/C36H58O10/c1-19-9-14-36(30(43)46-29-27(42)26(41)25(40)21(17-37)45-29)16-15-33(4)20(28(36)35(19,6)44)7-8-23-31(2)12-11-24(39)32(3,18-38)22(31)10-13-34(23,33)5/h7,19,21-29,37-42,44H,8-18H2,1-6H3/t19-,21-,22-,23-,24+,25-,26+,27-,28+,29+,31+,32-,33-,34-,35-,36+/m1/s1. The molecule has 6 rings (SSSR count). The van der Waals surface area contributed by atoms with Crippen molar-refractivity contribution in [3.63, 3.8) is 0 Å². The van der Waals surface area contributed by atoms with Crippen molar-refractivity contribution < 1.29 is 50.0 Å². The molecule has 7 N–H and O–H groups in total. The van der Waals surface area contributed by atoms with Crippen molar-refractivity contribution in [2.75, 3.05) is 13.2 Å². The zero-order valence-corrected chi connectivity index (χ0v) is 28.5. The summed E-state index contributed by atoms with van der Waals surface area (Å²) in [6.45, 7) is 12.3. The Morgan fingerprint density at radius 1 is 0.891 bits per heavy atom. The van der Waals surface area contributed by atoms with Crippen molar-refractivity contribution >= 4 is 5.97 Å². The molecule has 4 saturated carbocycles. The Bertz CT molecular complexity index is 1240. The first kappa shape index (κ1) is 34.7. The number of carbonyl (C=O) groups is 1. The van der Waals surface area contributed by atoms with Gasteiger partial charge in [-0.05, 0) is 98.7 Å². The molecule has 0 aromatic carbocycles. The van der Waals surface area contributed by atoms with Gasteiger partial charge in [0.2, 0.25) is 6.29 Å². The SMILES string of the molecule is C[C@@H]1CC[C@]2(C(=O)O[C@@H]3O[C@H](CO)[C@@H](O)[C@H](O)[C@H]3O)CC[C@]3(C)C(=CC[C@@H]4[C@@]5(C)CC[C@H](O)[C@](C)(CO)[C@@H]5CC[C@]43C)[C@H]2[C@]1(C)O. The second kappa shape index (κ2) is 11.2. The molecule has 0 aromatic heterocycles. The van der Waals surface area contributed by atoms with Gasteiger partial charge in [-0.3, -0.25) is 4.79 Å². The topological polar surface area (TPSA) is 177 Å². The van der Waals surface area contributed by atoms with E-state index in [4.69, 9.17) is 9.47 Å². The molecule has 10 heteroatoms. The fourth-order valence-electron chi connectivity index (χ4n) is 12.3. The number of esters is 1. The fraction of sp³-hybridized carbons (Fsp3) is 0.917. The highest BCUT2D eigenvalue weighted by atomic mass is 16.7. The van der Waals surface area contributed by atoms with Gasteiger partial charge >= 0.3 is 5.97 Å². The summed E-state index contributed by atoms with van der Waals surface area (Å²) in [5, 5.41) is 75.0. The minimum absolute atomic E-state index is 0.0435. The normalized spacial score (nSPS) is 56.8. The van der Waals surface area contributed by atoms with Crippen LogP contribution in [0, 0.1) is 50.7 Å². The van der Waals surface area contributed by atoms with E-state index in [-0.39, 0.29) is 34.7 Å². The van der Waals surface area contributed by atoms with Crippen molar-refractivity contribution in [1.29, 1.82) is 0 Å². The van der Waals surface area contributed by atoms with Crippen LogP contribution in [-0.4, -0.2) is 97.3 Å². The average molecular weight is 651 g/mol. The Morgan fingerprint density at radius 2 is 1.59 bits per heavy atom. The number of allylic oxidation sites excluding steroid dienone is 1. The molecular formula is C36H58O10. The molecule has 6 aliphatic rings. The van der Waals surface area contributed by atoms with E-state index in [1.54, 1.807) is 0 Å². The van der Waals surface area contributed by atoms with Crippen LogP contribution in [0.4, 0.5) is 0 Å². The monoisotopic (exact) mass is 650 g/mol. The Morgan fingerprint density at radius 3 is 2.24 bits per heavy atom. The van der Waals surface area contributed by atoms with Gasteiger partial charge in [0.25, 0.3) is 0 Å².